The molecule has 4 heteroatoms. The summed E-state index contributed by atoms with van der Waals surface area (Å²) in [5.41, 5.74) is 7.82. The van der Waals surface area contributed by atoms with Gasteiger partial charge in [-0.05, 0) is 49.9 Å². The van der Waals surface area contributed by atoms with Crippen LogP contribution >= 0.6 is 0 Å². The number of hydrogen-bond acceptors (Lipinski definition) is 4. The summed E-state index contributed by atoms with van der Waals surface area (Å²) >= 11 is 0. The van der Waals surface area contributed by atoms with Crippen LogP contribution in [0.25, 0.3) is 0 Å². The summed E-state index contributed by atoms with van der Waals surface area (Å²) in [6.07, 6.45) is 0.109. The van der Waals surface area contributed by atoms with Crippen LogP contribution < -0.4 is 10.5 Å². The van der Waals surface area contributed by atoms with Crippen LogP contribution in [0.15, 0.2) is 18.2 Å². The predicted octanol–water partition coefficient (Wildman–Crippen LogP) is 2.64. The van der Waals surface area contributed by atoms with Crippen molar-refractivity contribution in [3.63, 3.8) is 0 Å². The van der Waals surface area contributed by atoms with Gasteiger partial charge in [-0.25, -0.2) is 4.79 Å². The van der Waals surface area contributed by atoms with Gasteiger partial charge in [-0.3, -0.25) is 0 Å². The van der Waals surface area contributed by atoms with Gasteiger partial charge < -0.3 is 15.2 Å². The zero-order valence-electron chi connectivity index (χ0n) is 12.8. The number of carbonyl (C=O) groups is 1. The van der Waals surface area contributed by atoms with Gasteiger partial charge in [-0.2, -0.15) is 0 Å². The molecule has 1 unspecified atom stereocenters. The summed E-state index contributed by atoms with van der Waals surface area (Å²) < 4.78 is 10.7. The minimum absolute atomic E-state index is 0.346. The molecule has 112 valence electrons. The molecule has 0 fully saturated rings. The van der Waals surface area contributed by atoms with Crippen molar-refractivity contribution < 1.29 is 14.3 Å². The molecule has 1 rings (SSSR count). The van der Waals surface area contributed by atoms with Crippen molar-refractivity contribution in [1.29, 1.82) is 0 Å². The Morgan fingerprint density at radius 2 is 2.00 bits per heavy atom. The SMILES string of the molecule is CCOC(=O)C(C)Oc1cc(C(C)C)ccc1CCN. The van der Waals surface area contributed by atoms with E-state index in [0.717, 1.165) is 17.7 Å². The Hall–Kier alpha value is -1.55. The quantitative estimate of drug-likeness (QED) is 0.779. The van der Waals surface area contributed by atoms with E-state index in [4.69, 9.17) is 15.2 Å². The Labute approximate surface area is 121 Å². The van der Waals surface area contributed by atoms with Crippen LogP contribution in [0.3, 0.4) is 0 Å². The van der Waals surface area contributed by atoms with Crippen LogP contribution in [-0.4, -0.2) is 25.2 Å². The van der Waals surface area contributed by atoms with Gasteiger partial charge in [-0.15, -0.1) is 0 Å². The molecule has 0 spiro atoms. The molecular formula is C16H25NO3. The molecule has 0 aliphatic carbocycles. The second kappa shape index (κ2) is 7.90. The highest BCUT2D eigenvalue weighted by atomic mass is 16.6. The highest BCUT2D eigenvalue weighted by Crippen LogP contribution is 2.26. The van der Waals surface area contributed by atoms with Gasteiger partial charge in [-0.1, -0.05) is 26.0 Å². The lowest BCUT2D eigenvalue weighted by Crippen LogP contribution is -2.26. The van der Waals surface area contributed by atoms with Crippen molar-refractivity contribution in [3.05, 3.63) is 29.3 Å². The van der Waals surface area contributed by atoms with Gasteiger partial charge >= 0.3 is 5.97 Å². The van der Waals surface area contributed by atoms with E-state index in [0.29, 0.717) is 19.1 Å². The van der Waals surface area contributed by atoms with Crippen molar-refractivity contribution >= 4 is 5.97 Å². The van der Waals surface area contributed by atoms with Crippen molar-refractivity contribution in [2.24, 2.45) is 5.73 Å². The Bertz CT molecular complexity index is 443. The molecule has 0 heterocycles. The number of benzene rings is 1. The minimum atomic E-state index is -0.617. The topological polar surface area (TPSA) is 61.5 Å². The summed E-state index contributed by atoms with van der Waals surface area (Å²) in [6.45, 7) is 8.63. The van der Waals surface area contributed by atoms with E-state index in [1.54, 1.807) is 13.8 Å². The molecule has 0 aromatic heterocycles. The second-order valence-corrected chi connectivity index (χ2v) is 5.07. The largest absolute Gasteiger partial charge is 0.479 e. The van der Waals surface area contributed by atoms with E-state index in [2.05, 4.69) is 19.9 Å². The zero-order chi connectivity index (χ0) is 15.1. The monoisotopic (exact) mass is 279 g/mol. The molecule has 0 saturated heterocycles. The van der Waals surface area contributed by atoms with Crippen LogP contribution in [0.5, 0.6) is 5.75 Å². The van der Waals surface area contributed by atoms with Crippen molar-refractivity contribution in [1.82, 2.24) is 0 Å². The van der Waals surface area contributed by atoms with E-state index in [-0.39, 0.29) is 5.97 Å². The second-order valence-electron chi connectivity index (χ2n) is 5.07. The van der Waals surface area contributed by atoms with Gasteiger partial charge in [0.05, 0.1) is 6.61 Å². The number of ether oxygens (including phenoxy) is 2. The molecule has 2 N–H and O–H groups in total. The van der Waals surface area contributed by atoms with Crippen molar-refractivity contribution in [3.8, 4) is 5.75 Å². The van der Waals surface area contributed by atoms with Crippen LogP contribution in [0.1, 0.15) is 44.7 Å². The Kier molecular flexibility index (Phi) is 6.52. The Balaban J connectivity index is 2.94. The molecule has 1 atom stereocenters. The summed E-state index contributed by atoms with van der Waals surface area (Å²) in [7, 11) is 0. The van der Waals surface area contributed by atoms with Crippen LogP contribution in [0, 0.1) is 0 Å². The van der Waals surface area contributed by atoms with Gasteiger partial charge in [0.25, 0.3) is 0 Å². The fourth-order valence-corrected chi connectivity index (χ4v) is 1.90. The van der Waals surface area contributed by atoms with Crippen LogP contribution in [0.4, 0.5) is 0 Å². The molecule has 0 saturated carbocycles. The number of nitrogens with two attached hydrogens (primary N) is 1. The number of hydrogen-bond donors (Lipinski definition) is 1. The lowest BCUT2D eigenvalue weighted by molar-refractivity contribution is -0.150. The average molecular weight is 279 g/mol. The van der Waals surface area contributed by atoms with Crippen molar-refractivity contribution in [2.75, 3.05) is 13.2 Å². The molecular weight excluding hydrogens is 254 g/mol. The zero-order valence-corrected chi connectivity index (χ0v) is 12.8. The average Bonchev–Trinajstić information content (AvgIpc) is 2.40. The third kappa shape index (κ3) is 4.53. The maximum absolute atomic E-state index is 11.7. The van der Waals surface area contributed by atoms with Crippen LogP contribution in [-0.2, 0) is 16.0 Å². The molecule has 1 aromatic rings. The third-order valence-electron chi connectivity index (χ3n) is 3.09. The summed E-state index contributed by atoms with van der Waals surface area (Å²) in [5, 5.41) is 0. The van der Waals surface area contributed by atoms with E-state index in [1.165, 1.54) is 5.56 Å². The van der Waals surface area contributed by atoms with Gasteiger partial charge in [0.15, 0.2) is 6.10 Å². The van der Waals surface area contributed by atoms with Gasteiger partial charge in [0, 0.05) is 0 Å². The van der Waals surface area contributed by atoms with E-state index < -0.39 is 6.10 Å². The molecule has 0 aliphatic heterocycles. The minimum Gasteiger partial charge on any atom is -0.479 e. The maximum Gasteiger partial charge on any atom is 0.347 e. The molecule has 0 radical (unpaired) electrons. The first kappa shape index (κ1) is 16.5. The van der Waals surface area contributed by atoms with Crippen LogP contribution in [0.2, 0.25) is 0 Å². The number of esters is 1. The normalized spacial score (nSPS) is 12.3. The molecule has 20 heavy (non-hydrogen) atoms. The number of carbonyl (C=O) groups excluding carboxylic acids is 1. The number of rotatable bonds is 7. The highest BCUT2D eigenvalue weighted by Gasteiger charge is 2.18. The predicted molar refractivity (Wildman–Crippen MR) is 80.0 cm³/mol. The van der Waals surface area contributed by atoms with Gasteiger partial charge in [0.2, 0.25) is 0 Å². The lowest BCUT2D eigenvalue weighted by Gasteiger charge is -2.18. The smallest absolute Gasteiger partial charge is 0.347 e. The fourth-order valence-electron chi connectivity index (χ4n) is 1.90. The Morgan fingerprint density at radius 3 is 2.55 bits per heavy atom. The van der Waals surface area contributed by atoms with E-state index in [9.17, 15) is 4.79 Å². The molecule has 4 nitrogen and oxygen atoms in total. The van der Waals surface area contributed by atoms with Gasteiger partial charge in [0.1, 0.15) is 5.75 Å². The first-order valence-corrected chi connectivity index (χ1v) is 7.15. The summed E-state index contributed by atoms with van der Waals surface area (Å²) in [5.74, 6) is 0.783. The third-order valence-corrected chi connectivity index (χ3v) is 3.09. The lowest BCUT2D eigenvalue weighted by atomic mass is 10.00. The first-order valence-electron chi connectivity index (χ1n) is 7.15. The summed E-state index contributed by atoms with van der Waals surface area (Å²) in [6, 6.07) is 6.10. The van der Waals surface area contributed by atoms with E-state index in [1.807, 2.05) is 12.1 Å². The highest BCUT2D eigenvalue weighted by molar-refractivity contribution is 5.74. The van der Waals surface area contributed by atoms with Crippen molar-refractivity contribution in [2.45, 2.75) is 46.1 Å². The standard InChI is InChI=1S/C16H25NO3/c1-5-19-16(18)12(4)20-15-10-14(11(2)3)7-6-13(15)8-9-17/h6-7,10-12H,5,8-9,17H2,1-4H3. The Morgan fingerprint density at radius 1 is 1.30 bits per heavy atom. The maximum atomic E-state index is 11.7. The molecule has 0 amide bonds. The first-order chi connectivity index (χ1) is 9.49. The summed E-state index contributed by atoms with van der Waals surface area (Å²) in [4.78, 5) is 11.7. The molecule has 0 bridgehead atoms. The molecule has 0 aliphatic rings. The van der Waals surface area contributed by atoms with E-state index >= 15 is 0 Å². The molecule has 1 aromatic carbocycles. The fraction of sp³-hybridized carbons (Fsp3) is 0.562.